The van der Waals surface area contributed by atoms with Crippen molar-refractivity contribution in [3.63, 3.8) is 0 Å². The predicted octanol–water partition coefficient (Wildman–Crippen LogP) is 3.47. The van der Waals surface area contributed by atoms with Crippen LogP contribution in [0.5, 0.6) is 0 Å². The lowest BCUT2D eigenvalue weighted by Crippen LogP contribution is -1.88. The van der Waals surface area contributed by atoms with E-state index in [1.54, 1.807) is 13.2 Å². The van der Waals surface area contributed by atoms with Crippen molar-refractivity contribution in [3.05, 3.63) is 12.3 Å². The summed E-state index contributed by atoms with van der Waals surface area (Å²) in [5.41, 5.74) is 0. The van der Waals surface area contributed by atoms with Crippen molar-refractivity contribution < 1.29 is 9.53 Å². The molecule has 0 aromatic carbocycles. The summed E-state index contributed by atoms with van der Waals surface area (Å²) in [6, 6.07) is 0. The van der Waals surface area contributed by atoms with E-state index in [0.29, 0.717) is 5.78 Å². The maximum atomic E-state index is 10.6. The molecule has 0 aliphatic carbocycles. The second-order valence-corrected chi connectivity index (χ2v) is 3.48. The monoisotopic (exact) mass is 198 g/mol. The van der Waals surface area contributed by atoms with Crippen LogP contribution in [0.4, 0.5) is 0 Å². The van der Waals surface area contributed by atoms with E-state index in [0.717, 1.165) is 25.9 Å². The maximum Gasteiger partial charge on any atom is 0.129 e. The number of Topliss-reactive ketones (excluding diaryl/α,β-unsaturated/α-hetero) is 1. The molecule has 0 rings (SSSR count). The first-order valence-electron chi connectivity index (χ1n) is 5.53. The van der Waals surface area contributed by atoms with Crippen LogP contribution in [-0.4, -0.2) is 12.4 Å². The lowest BCUT2D eigenvalue weighted by atomic mass is 10.1. The Morgan fingerprint density at radius 1 is 1.21 bits per heavy atom. The molecule has 0 aromatic rings. The Balaban J connectivity index is 3.02. The fraction of sp³-hybridized carbons (Fsp3) is 0.750. The summed E-state index contributed by atoms with van der Waals surface area (Å²) in [5.74, 6) is 0.307. The van der Waals surface area contributed by atoms with Crippen LogP contribution in [0.3, 0.4) is 0 Å². The zero-order valence-electron chi connectivity index (χ0n) is 9.42. The summed E-state index contributed by atoms with van der Waals surface area (Å²) in [7, 11) is 0. The molecular formula is C12H22O2. The number of allylic oxidation sites excluding steroid dienone is 1. The van der Waals surface area contributed by atoms with Gasteiger partial charge in [-0.05, 0) is 39.2 Å². The number of carbonyl (C=O) groups is 1. The molecule has 0 aliphatic rings. The van der Waals surface area contributed by atoms with Gasteiger partial charge in [-0.2, -0.15) is 0 Å². The Labute approximate surface area is 87.3 Å². The summed E-state index contributed by atoms with van der Waals surface area (Å²) in [6.45, 7) is 4.38. The second-order valence-electron chi connectivity index (χ2n) is 3.48. The Bertz CT molecular complexity index is 162. The van der Waals surface area contributed by atoms with Crippen LogP contribution in [0.15, 0.2) is 12.3 Å². The SMILES string of the molecule is CCO/C=C/CCCCCCC(C)=O. The van der Waals surface area contributed by atoms with Gasteiger partial charge in [0.15, 0.2) is 0 Å². The average Bonchev–Trinajstić information content (AvgIpc) is 2.15. The van der Waals surface area contributed by atoms with Crippen molar-refractivity contribution in [2.75, 3.05) is 6.61 Å². The van der Waals surface area contributed by atoms with Gasteiger partial charge >= 0.3 is 0 Å². The molecule has 0 aliphatic heterocycles. The Morgan fingerprint density at radius 2 is 1.93 bits per heavy atom. The number of unbranched alkanes of at least 4 members (excludes halogenated alkanes) is 4. The van der Waals surface area contributed by atoms with E-state index in [1.165, 1.54) is 19.3 Å². The largest absolute Gasteiger partial charge is 0.502 e. The van der Waals surface area contributed by atoms with Crippen molar-refractivity contribution in [1.82, 2.24) is 0 Å². The molecular weight excluding hydrogens is 176 g/mol. The Hall–Kier alpha value is -0.790. The van der Waals surface area contributed by atoms with E-state index in [9.17, 15) is 4.79 Å². The fourth-order valence-electron chi connectivity index (χ4n) is 1.22. The average molecular weight is 198 g/mol. The Kier molecular flexibility index (Phi) is 9.71. The summed E-state index contributed by atoms with van der Waals surface area (Å²) < 4.78 is 5.07. The predicted molar refractivity (Wildman–Crippen MR) is 59.1 cm³/mol. The number of ketones is 1. The molecule has 0 unspecified atom stereocenters. The molecule has 0 spiro atoms. The van der Waals surface area contributed by atoms with E-state index in [-0.39, 0.29) is 0 Å². The summed E-state index contributed by atoms with van der Waals surface area (Å²) in [5, 5.41) is 0. The molecule has 0 amide bonds. The minimum absolute atomic E-state index is 0.307. The van der Waals surface area contributed by atoms with Crippen LogP contribution in [0.1, 0.15) is 52.4 Å². The second kappa shape index (κ2) is 10.3. The summed E-state index contributed by atoms with van der Waals surface area (Å²) in [6.07, 6.45) is 10.3. The van der Waals surface area contributed by atoms with Gasteiger partial charge < -0.3 is 9.53 Å². The number of hydrogen-bond acceptors (Lipinski definition) is 2. The molecule has 14 heavy (non-hydrogen) atoms. The van der Waals surface area contributed by atoms with Gasteiger partial charge in [0.05, 0.1) is 12.9 Å². The van der Waals surface area contributed by atoms with Crippen LogP contribution in [0.2, 0.25) is 0 Å². The summed E-state index contributed by atoms with van der Waals surface area (Å²) >= 11 is 0. The molecule has 2 heteroatoms. The zero-order valence-corrected chi connectivity index (χ0v) is 9.42. The molecule has 0 bridgehead atoms. The molecule has 0 aromatic heterocycles. The van der Waals surface area contributed by atoms with Crippen molar-refractivity contribution in [3.8, 4) is 0 Å². The molecule has 0 radical (unpaired) electrons. The van der Waals surface area contributed by atoms with Crippen molar-refractivity contribution in [2.24, 2.45) is 0 Å². The van der Waals surface area contributed by atoms with E-state index in [2.05, 4.69) is 6.08 Å². The highest BCUT2D eigenvalue weighted by molar-refractivity contribution is 5.75. The normalized spacial score (nSPS) is 10.7. The highest BCUT2D eigenvalue weighted by Crippen LogP contribution is 2.06. The third-order valence-corrected chi connectivity index (χ3v) is 2.01. The van der Waals surface area contributed by atoms with Crippen LogP contribution >= 0.6 is 0 Å². The number of ether oxygens (including phenoxy) is 1. The molecule has 0 atom stereocenters. The molecule has 0 N–H and O–H groups in total. The molecule has 0 saturated heterocycles. The van der Waals surface area contributed by atoms with E-state index in [1.807, 2.05) is 6.92 Å². The van der Waals surface area contributed by atoms with Crippen molar-refractivity contribution >= 4 is 5.78 Å². The molecule has 82 valence electrons. The van der Waals surface area contributed by atoms with Gasteiger partial charge in [0.25, 0.3) is 0 Å². The molecule has 0 saturated carbocycles. The van der Waals surface area contributed by atoms with Crippen LogP contribution in [0.25, 0.3) is 0 Å². The number of carbonyl (C=O) groups excluding carboxylic acids is 1. The third-order valence-electron chi connectivity index (χ3n) is 2.01. The lowest BCUT2D eigenvalue weighted by Gasteiger charge is -1.97. The molecule has 0 heterocycles. The lowest BCUT2D eigenvalue weighted by molar-refractivity contribution is -0.117. The van der Waals surface area contributed by atoms with Gasteiger partial charge in [-0.1, -0.05) is 12.8 Å². The van der Waals surface area contributed by atoms with Gasteiger partial charge in [0.2, 0.25) is 0 Å². The van der Waals surface area contributed by atoms with Crippen molar-refractivity contribution in [1.29, 1.82) is 0 Å². The topological polar surface area (TPSA) is 26.3 Å². The number of rotatable bonds is 9. The van der Waals surface area contributed by atoms with Gasteiger partial charge in [-0.3, -0.25) is 0 Å². The molecule has 0 fully saturated rings. The van der Waals surface area contributed by atoms with Crippen molar-refractivity contribution in [2.45, 2.75) is 52.4 Å². The van der Waals surface area contributed by atoms with E-state index in [4.69, 9.17) is 4.74 Å². The Morgan fingerprint density at radius 3 is 2.57 bits per heavy atom. The smallest absolute Gasteiger partial charge is 0.129 e. The van der Waals surface area contributed by atoms with E-state index >= 15 is 0 Å². The highest BCUT2D eigenvalue weighted by Gasteiger charge is 1.92. The van der Waals surface area contributed by atoms with Gasteiger partial charge in [0.1, 0.15) is 5.78 Å². The third kappa shape index (κ3) is 11.2. The number of hydrogen-bond donors (Lipinski definition) is 0. The maximum absolute atomic E-state index is 10.6. The van der Waals surface area contributed by atoms with Gasteiger partial charge in [-0.15, -0.1) is 0 Å². The minimum Gasteiger partial charge on any atom is -0.502 e. The minimum atomic E-state index is 0.307. The highest BCUT2D eigenvalue weighted by atomic mass is 16.5. The molecule has 2 nitrogen and oxygen atoms in total. The fourth-order valence-corrected chi connectivity index (χ4v) is 1.22. The first kappa shape index (κ1) is 13.2. The van der Waals surface area contributed by atoms with Crippen LogP contribution in [-0.2, 0) is 9.53 Å². The zero-order chi connectivity index (χ0) is 10.6. The summed E-state index contributed by atoms with van der Waals surface area (Å²) in [4.78, 5) is 10.6. The first-order valence-corrected chi connectivity index (χ1v) is 5.53. The van der Waals surface area contributed by atoms with Crippen LogP contribution in [0, 0.1) is 0 Å². The van der Waals surface area contributed by atoms with Gasteiger partial charge in [0, 0.05) is 6.42 Å². The standard InChI is InChI=1S/C12H22O2/c1-3-14-11-9-7-5-4-6-8-10-12(2)13/h9,11H,3-8,10H2,1-2H3/b11-9+. The first-order chi connectivity index (χ1) is 6.77. The van der Waals surface area contributed by atoms with Gasteiger partial charge in [-0.25, -0.2) is 0 Å². The quantitative estimate of drug-likeness (QED) is 0.419. The van der Waals surface area contributed by atoms with Crippen LogP contribution < -0.4 is 0 Å². The van der Waals surface area contributed by atoms with E-state index < -0.39 is 0 Å².